The summed E-state index contributed by atoms with van der Waals surface area (Å²) in [6.07, 6.45) is 5.39. The zero-order chi connectivity index (χ0) is 15.6. The summed E-state index contributed by atoms with van der Waals surface area (Å²) >= 11 is 0. The standard InChI is InChI=1S/C18H14N4O/c1-23-15-6-2-4-12(8-15)17-21-16-9-14(11-20-18(16)22-17)13-5-3-7-19-10-13/h2-11H,1H3,(H,20,21,22). The zero-order valence-electron chi connectivity index (χ0n) is 12.5. The Morgan fingerprint density at radius 1 is 0.957 bits per heavy atom. The Kier molecular flexibility index (Phi) is 3.24. The highest BCUT2D eigenvalue weighted by Crippen LogP contribution is 2.25. The molecule has 0 amide bonds. The number of H-pyrrole nitrogens is 1. The molecule has 0 saturated heterocycles. The molecule has 0 atom stereocenters. The highest BCUT2D eigenvalue weighted by molar-refractivity contribution is 5.81. The first-order valence-corrected chi connectivity index (χ1v) is 7.24. The predicted octanol–water partition coefficient (Wildman–Crippen LogP) is 3.70. The van der Waals surface area contributed by atoms with E-state index in [1.165, 1.54) is 0 Å². The fourth-order valence-corrected chi connectivity index (χ4v) is 2.50. The Morgan fingerprint density at radius 3 is 2.70 bits per heavy atom. The number of aromatic amines is 1. The molecule has 4 rings (SSSR count). The molecule has 0 aliphatic carbocycles. The number of imidazole rings is 1. The minimum atomic E-state index is 0.690. The number of benzene rings is 1. The minimum Gasteiger partial charge on any atom is -0.497 e. The minimum absolute atomic E-state index is 0.690. The third-order valence-corrected chi connectivity index (χ3v) is 3.68. The van der Waals surface area contributed by atoms with Gasteiger partial charge < -0.3 is 9.72 Å². The maximum atomic E-state index is 5.26. The van der Waals surface area contributed by atoms with Crippen LogP contribution in [0.4, 0.5) is 0 Å². The molecule has 0 bridgehead atoms. The van der Waals surface area contributed by atoms with Gasteiger partial charge in [0.05, 0.1) is 12.6 Å². The topological polar surface area (TPSA) is 63.7 Å². The SMILES string of the molecule is COc1cccc(-c2nc3ncc(-c4cccnc4)cc3[nH]2)c1. The summed E-state index contributed by atoms with van der Waals surface area (Å²) in [5.74, 6) is 1.57. The van der Waals surface area contributed by atoms with Crippen molar-refractivity contribution in [3.05, 3.63) is 61.1 Å². The van der Waals surface area contributed by atoms with E-state index in [1.54, 1.807) is 13.3 Å². The number of fused-ring (bicyclic) bond motifs is 1. The molecule has 23 heavy (non-hydrogen) atoms. The van der Waals surface area contributed by atoms with Crippen LogP contribution in [-0.2, 0) is 0 Å². The second-order valence-electron chi connectivity index (χ2n) is 5.15. The lowest BCUT2D eigenvalue weighted by atomic mass is 10.1. The second kappa shape index (κ2) is 5.53. The first-order valence-electron chi connectivity index (χ1n) is 7.24. The van der Waals surface area contributed by atoms with Crippen LogP contribution < -0.4 is 4.74 Å². The van der Waals surface area contributed by atoms with Gasteiger partial charge in [-0.25, -0.2) is 9.97 Å². The maximum absolute atomic E-state index is 5.26. The van der Waals surface area contributed by atoms with Crippen LogP contribution in [-0.4, -0.2) is 27.0 Å². The smallest absolute Gasteiger partial charge is 0.178 e. The molecule has 1 N–H and O–H groups in total. The van der Waals surface area contributed by atoms with E-state index in [4.69, 9.17) is 4.74 Å². The Balaban J connectivity index is 1.79. The molecule has 0 saturated carbocycles. The molecule has 0 aliphatic rings. The summed E-state index contributed by atoms with van der Waals surface area (Å²) < 4.78 is 5.26. The molecule has 4 aromatic rings. The van der Waals surface area contributed by atoms with Crippen LogP contribution in [0.25, 0.3) is 33.7 Å². The molecule has 112 valence electrons. The van der Waals surface area contributed by atoms with Crippen LogP contribution in [0.1, 0.15) is 0 Å². The molecule has 0 fully saturated rings. The van der Waals surface area contributed by atoms with Gasteiger partial charge in [0, 0.05) is 35.3 Å². The number of hydrogen-bond acceptors (Lipinski definition) is 4. The first kappa shape index (κ1) is 13.5. The Hall–Kier alpha value is -3.21. The van der Waals surface area contributed by atoms with Crippen molar-refractivity contribution < 1.29 is 4.74 Å². The summed E-state index contributed by atoms with van der Waals surface area (Å²) in [4.78, 5) is 16.5. The van der Waals surface area contributed by atoms with Gasteiger partial charge in [0.2, 0.25) is 0 Å². The number of aromatic nitrogens is 4. The van der Waals surface area contributed by atoms with Crippen LogP contribution in [0.15, 0.2) is 61.1 Å². The lowest BCUT2D eigenvalue weighted by Crippen LogP contribution is -1.84. The van der Waals surface area contributed by atoms with Crippen molar-refractivity contribution in [2.45, 2.75) is 0 Å². The highest BCUT2D eigenvalue weighted by Gasteiger charge is 2.08. The maximum Gasteiger partial charge on any atom is 0.178 e. The van der Waals surface area contributed by atoms with E-state index >= 15 is 0 Å². The fraction of sp³-hybridized carbons (Fsp3) is 0.0556. The molecule has 5 nitrogen and oxygen atoms in total. The van der Waals surface area contributed by atoms with Crippen molar-refractivity contribution in [2.24, 2.45) is 0 Å². The fourth-order valence-electron chi connectivity index (χ4n) is 2.50. The van der Waals surface area contributed by atoms with Crippen molar-refractivity contribution in [2.75, 3.05) is 7.11 Å². The zero-order valence-corrected chi connectivity index (χ0v) is 12.5. The van der Waals surface area contributed by atoms with Crippen LogP contribution in [0.2, 0.25) is 0 Å². The largest absolute Gasteiger partial charge is 0.497 e. The van der Waals surface area contributed by atoms with Crippen LogP contribution in [0, 0.1) is 0 Å². The monoisotopic (exact) mass is 302 g/mol. The lowest BCUT2D eigenvalue weighted by molar-refractivity contribution is 0.415. The number of methoxy groups -OCH3 is 1. The number of ether oxygens (including phenoxy) is 1. The van der Waals surface area contributed by atoms with Crippen molar-refractivity contribution in [3.63, 3.8) is 0 Å². The van der Waals surface area contributed by atoms with Crippen molar-refractivity contribution >= 4 is 11.2 Å². The predicted molar refractivity (Wildman–Crippen MR) is 89.1 cm³/mol. The second-order valence-corrected chi connectivity index (χ2v) is 5.15. The van der Waals surface area contributed by atoms with E-state index < -0.39 is 0 Å². The molecule has 3 aromatic heterocycles. The lowest BCUT2D eigenvalue weighted by Gasteiger charge is -2.01. The van der Waals surface area contributed by atoms with Gasteiger partial charge >= 0.3 is 0 Å². The average Bonchev–Trinajstić information content (AvgIpc) is 3.06. The molecule has 1 aromatic carbocycles. The summed E-state index contributed by atoms with van der Waals surface area (Å²) in [7, 11) is 1.65. The van der Waals surface area contributed by atoms with E-state index in [2.05, 4.69) is 19.9 Å². The van der Waals surface area contributed by atoms with Gasteiger partial charge in [0.1, 0.15) is 11.6 Å². The Bertz CT molecular complexity index is 963. The molecule has 0 spiro atoms. The quantitative estimate of drug-likeness (QED) is 0.627. The van der Waals surface area contributed by atoms with Gasteiger partial charge in [-0.05, 0) is 24.3 Å². The van der Waals surface area contributed by atoms with Crippen molar-refractivity contribution in [1.29, 1.82) is 0 Å². The third kappa shape index (κ3) is 2.53. The van der Waals surface area contributed by atoms with E-state index in [9.17, 15) is 0 Å². The average molecular weight is 302 g/mol. The molecule has 0 radical (unpaired) electrons. The van der Waals surface area contributed by atoms with Gasteiger partial charge in [0.25, 0.3) is 0 Å². The van der Waals surface area contributed by atoms with Gasteiger partial charge in [-0.2, -0.15) is 0 Å². The first-order chi connectivity index (χ1) is 11.3. The van der Waals surface area contributed by atoms with Crippen LogP contribution in [0.3, 0.4) is 0 Å². The third-order valence-electron chi connectivity index (χ3n) is 3.68. The number of pyridine rings is 2. The Labute approximate surface area is 133 Å². The van der Waals surface area contributed by atoms with E-state index in [1.807, 2.05) is 54.9 Å². The number of nitrogens with zero attached hydrogens (tertiary/aromatic N) is 3. The van der Waals surface area contributed by atoms with E-state index in [0.29, 0.717) is 5.65 Å². The summed E-state index contributed by atoms with van der Waals surface area (Å²) in [6, 6.07) is 13.7. The van der Waals surface area contributed by atoms with Crippen molar-refractivity contribution in [3.8, 4) is 28.3 Å². The summed E-state index contributed by atoms with van der Waals surface area (Å²) in [5, 5.41) is 0. The summed E-state index contributed by atoms with van der Waals surface area (Å²) in [5.41, 5.74) is 4.58. The molecule has 5 heteroatoms. The van der Waals surface area contributed by atoms with Crippen LogP contribution >= 0.6 is 0 Å². The van der Waals surface area contributed by atoms with Crippen LogP contribution in [0.5, 0.6) is 5.75 Å². The molecule has 0 unspecified atom stereocenters. The Morgan fingerprint density at radius 2 is 1.87 bits per heavy atom. The van der Waals surface area contributed by atoms with Crippen molar-refractivity contribution in [1.82, 2.24) is 19.9 Å². The van der Waals surface area contributed by atoms with Gasteiger partial charge in [0.15, 0.2) is 5.65 Å². The molecule has 0 aliphatic heterocycles. The number of rotatable bonds is 3. The molecular weight excluding hydrogens is 288 g/mol. The van der Waals surface area contributed by atoms with E-state index in [-0.39, 0.29) is 0 Å². The van der Waals surface area contributed by atoms with Gasteiger partial charge in [-0.3, -0.25) is 4.98 Å². The molecule has 3 heterocycles. The molecular formula is C18H14N4O. The van der Waals surface area contributed by atoms with Gasteiger partial charge in [-0.15, -0.1) is 0 Å². The number of nitrogens with one attached hydrogen (secondary N) is 1. The highest BCUT2D eigenvalue weighted by atomic mass is 16.5. The summed E-state index contributed by atoms with van der Waals surface area (Å²) in [6.45, 7) is 0. The number of hydrogen-bond donors (Lipinski definition) is 1. The normalized spacial score (nSPS) is 10.8. The van der Waals surface area contributed by atoms with E-state index in [0.717, 1.165) is 33.8 Å². The van der Waals surface area contributed by atoms with Gasteiger partial charge in [-0.1, -0.05) is 18.2 Å².